The smallest absolute Gasteiger partial charge is 0.146 e. The summed E-state index contributed by atoms with van der Waals surface area (Å²) in [5.41, 5.74) is 3.45. The number of allylic oxidation sites excluding steroid dienone is 3. The Bertz CT molecular complexity index is 651. The number of hydrogen-bond donors (Lipinski definition) is 1. The van der Waals surface area contributed by atoms with E-state index < -0.39 is 0 Å². The van der Waals surface area contributed by atoms with Gasteiger partial charge in [0, 0.05) is 23.2 Å². The number of piperidine rings is 2. The molecular weight excluding hydrogens is 284 g/mol. The van der Waals surface area contributed by atoms with Crippen LogP contribution in [0.15, 0.2) is 44.8 Å². The second-order valence-electron chi connectivity index (χ2n) is 6.63. The normalized spacial score (nSPS) is 30.0. The molecular formula is C16H19ClN4. The molecule has 0 aromatic rings. The lowest BCUT2D eigenvalue weighted by atomic mass is 9.85. The zero-order valence-corrected chi connectivity index (χ0v) is 13.1. The fourth-order valence-corrected chi connectivity index (χ4v) is 4.09. The molecule has 0 aliphatic carbocycles. The third-order valence-electron chi connectivity index (χ3n) is 4.44. The van der Waals surface area contributed by atoms with Crippen LogP contribution in [-0.2, 0) is 0 Å². The molecule has 2 fully saturated rings. The maximum atomic E-state index is 6.65. The van der Waals surface area contributed by atoms with Gasteiger partial charge in [0.1, 0.15) is 23.5 Å². The third kappa shape index (κ3) is 2.09. The molecule has 4 aliphatic rings. The Morgan fingerprint density at radius 2 is 2.19 bits per heavy atom. The van der Waals surface area contributed by atoms with Gasteiger partial charge in [-0.25, -0.2) is 9.98 Å². The number of rotatable bonds is 0. The SMILES string of the molecule is CC1(C)CC2=CC=C3CCCC4=NC=NC(=C2C(Cl)N1)N34. The fraction of sp³-hybridized carbons (Fsp3) is 0.500. The van der Waals surface area contributed by atoms with E-state index in [2.05, 4.69) is 46.2 Å². The highest BCUT2D eigenvalue weighted by atomic mass is 35.5. The Morgan fingerprint density at radius 3 is 3.05 bits per heavy atom. The van der Waals surface area contributed by atoms with E-state index in [1.54, 1.807) is 6.34 Å². The van der Waals surface area contributed by atoms with Gasteiger partial charge >= 0.3 is 0 Å². The number of alkyl halides is 1. The van der Waals surface area contributed by atoms with E-state index in [0.29, 0.717) is 0 Å². The second kappa shape index (κ2) is 4.55. The van der Waals surface area contributed by atoms with Crippen LogP contribution in [0.3, 0.4) is 0 Å². The summed E-state index contributed by atoms with van der Waals surface area (Å²) in [6.45, 7) is 4.38. The van der Waals surface area contributed by atoms with E-state index in [-0.39, 0.29) is 11.0 Å². The highest BCUT2D eigenvalue weighted by Gasteiger charge is 2.38. The number of nitrogens with zero attached hydrogens (tertiary/aromatic N) is 3. The molecule has 1 N–H and O–H groups in total. The first-order valence-corrected chi connectivity index (χ1v) is 7.94. The van der Waals surface area contributed by atoms with Crippen molar-refractivity contribution in [2.75, 3.05) is 0 Å². The van der Waals surface area contributed by atoms with Crippen LogP contribution >= 0.6 is 11.6 Å². The average Bonchev–Trinajstić information content (AvgIpc) is 2.57. The molecule has 21 heavy (non-hydrogen) atoms. The van der Waals surface area contributed by atoms with Gasteiger partial charge in [-0.05, 0) is 44.8 Å². The number of fused-ring (bicyclic) bond motifs is 1. The largest absolute Gasteiger partial charge is 0.292 e. The van der Waals surface area contributed by atoms with Crippen LogP contribution < -0.4 is 5.32 Å². The molecule has 1 unspecified atom stereocenters. The van der Waals surface area contributed by atoms with E-state index >= 15 is 0 Å². The Balaban J connectivity index is 1.90. The first kappa shape index (κ1) is 13.3. The summed E-state index contributed by atoms with van der Waals surface area (Å²) in [6.07, 6.45) is 10.3. The first-order valence-electron chi connectivity index (χ1n) is 7.50. The molecule has 4 rings (SSSR count). The number of nitrogens with one attached hydrogen (secondary N) is 1. The molecule has 0 radical (unpaired) electrons. The summed E-state index contributed by atoms with van der Waals surface area (Å²) in [5.74, 6) is 2.05. The molecule has 0 aromatic carbocycles. The van der Waals surface area contributed by atoms with Crippen LogP contribution in [0.2, 0.25) is 0 Å². The molecule has 4 aliphatic heterocycles. The quantitative estimate of drug-likeness (QED) is 0.551. The van der Waals surface area contributed by atoms with Crippen molar-refractivity contribution in [2.24, 2.45) is 9.98 Å². The van der Waals surface area contributed by atoms with E-state index in [4.69, 9.17) is 11.6 Å². The van der Waals surface area contributed by atoms with Crippen LogP contribution in [0.1, 0.15) is 39.5 Å². The number of amidine groups is 1. The zero-order chi connectivity index (χ0) is 14.6. The molecule has 0 bridgehead atoms. The molecule has 1 atom stereocenters. The molecule has 0 aromatic heterocycles. The average molecular weight is 303 g/mol. The number of aliphatic imine (C=N–C) groups is 2. The summed E-state index contributed by atoms with van der Waals surface area (Å²) in [6, 6.07) is 0. The van der Waals surface area contributed by atoms with Gasteiger partial charge < -0.3 is 0 Å². The van der Waals surface area contributed by atoms with Crippen LogP contribution in [0.4, 0.5) is 0 Å². The summed E-state index contributed by atoms with van der Waals surface area (Å²) >= 11 is 6.65. The number of hydrogen-bond acceptors (Lipinski definition) is 4. The van der Waals surface area contributed by atoms with Crippen molar-refractivity contribution in [3.63, 3.8) is 0 Å². The van der Waals surface area contributed by atoms with Gasteiger partial charge in [-0.3, -0.25) is 10.2 Å². The summed E-state index contributed by atoms with van der Waals surface area (Å²) in [5, 5.41) is 3.48. The Hall–Kier alpha value is -1.39. The third-order valence-corrected chi connectivity index (χ3v) is 4.77. The van der Waals surface area contributed by atoms with Crippen LogP contribution in [0, 0.1) is 0 Å². The summed E-state index contributed by atoms with van der Waals surface area (Å²) in [4.78, 5) is 11.2. The minimum Gasteiger partial charge on any atom is -0.292 e. The molecule has 4 nitrogen and oxygen atoms in total. The summed E-state index contributed by atoms with van der Waals surface area (Å²) < 4.78 is 0. The lowest BCUT2D eigenvalue weighted by molar-refractivity contribution is 0.360. The van der Waals surface area contributed by atoms with Crippen molar-refractivity contribution in [2.45, 2.75) is 50.6 Å². The lowest BCUT2D eigenvalue weighted by Crippen LogP contribution is -2.50. The highest BCUT2D eigenvalue weighted by molar-refractivity contribution is 6.22. The summed E-state index contributed by atoms with van der Waals surface area (Å²) in [7, 11) is 0. The number of halogens is 1. The van der Waals surface area contributed by atoms with E-state index in [0.717, 1.165) is 42.9 Å². The van der Waals surface area contributed by atoms with Crippen molar-refractivity contribution in [1.29, 1.82) is 0 Å². The molecule has 110 valence electrons. The minimum absolute atomic E-state index is 0.000955. The van der Waals surface area contributed by atoms with Crippen molar-refractivity contribution >= 4 is 23.8 Å². The topological polar surface area (TPSA) is 40.0 Å². The van der Waals surface area contributed by atoms with E-state index in [1.165, 1.54) is 11.3 Å². The van der Waals surface area contributed by atoms with Crippen molar-refractivity contribution in [1.82, 2.24) is 10.2 Å². The van der Waals surface area contributed by atoms with Crippen LogP contribution in [-0.4, -0.2) is 28.1 Å². The molecule has 5 heteroatoms. The van der Waals surface area contributed by atoms with Gasteiger partial charge in [-0.1, -0.05) is 6.08 Å². The minimum atomic E-state index is -0.221. The molecule has 0 spiro atoms. The first-order chi connectivity index (χ1) is 10.1. The van der Waals surface area contributed by atoms with Crippen molar-refractivity contribution in [3.05, 3.63) is 34.8 Å². The Morgan fingerprint density at radius 1 is 1.33 bits per heavy atom. The van der Waals surface area contributed by atoms with Crippen LogP contribution in [0.25, 0.3) is 0 Å². The van der Waals surface area contributed by atoms with Gasteiger partial charge in [-0.15, -0.1) is 11.6 Å². The maximum Gasteiger partial charge on any atom is 0.146 e. The van der Waals surface area contributed by atoms with Crippen molar-refractivity contribution < 1.29 is 0 Å². The van der Waals surface area contributed by atoms with Crippen molar-refractivity contribution in [3.8, 4) is 0 Å². The van der Waals surface area contributed by atoms with Gasteiger partial charge in [0.25, 0.3) is 0 Å². The lowest BCUT2D eigenvalue weighted by Gasteiger charge is -2.40. The van der Waals surface area contributed by atoms with Gasteiger partial charge in [0.15, 0.2) is 0 Å². The van der Waals surface area contributed by atoms with Gasteiger partial charge in [-0.2, -0.15) is 0 Å². The molecule has 4 heterocycles. The van der Waals surface area contributed by atoms with E-state index in [1.807, 2.05) is 0 Å². The predicted octanol–water partition coefficient (Wildman–Crippen LogP) is 3.29. The monoisotopic (exact) mass is 302 g/mol. The molecule has 2 saturated heterocycles. The Kier molecular flexibility index (Phi) is 2.88. The molecule has 0 saturated carbocycles. The van der Waals surface area contributed by atoms with Crippen LogP contribution in [0.5, 0.6) is 0 Å². The standard InChI is InChI=1S/C16H19ClN4/c1-16(2)8-10-6-7-11-4-3-5-12-18-9-19-15(21(11)12)13(10)14(17)20-16/h6-7,9,14,20H,3-5,8H2,1-2H3. The highest BCUT2D eigenvalue weighted by Crippen LogP contribution is 2.41. The zero-order valence-electron chi connectivity index (χ0n) is 12.4. The maximum absolute atomic E-state index is 6.65. The van der Waals surface area contributed by atoms with E-state index in [9.17, 15) is 0 Å². The van der Waals surface area contributed by atoms with Gasteiger partial charge in [0.2, 0.25) is 0 Å². The van der Waals surface area contributed by atoms with Gasteiger partial charge in [0.05, 0.1) is 0 Å². The molecule has 0 amide bonds. The Labute approximate surface area is 130 Å². The fourth-order valence-electron chi connectivity index (χ4n) is 3.56. The predicted molar refractivity (Wildman–Crippen MR) is 86.3 cm³/mol. The second-order valence-corrected chi connectivity index (χ2v) is 7.07.